The van der Waals surface area contributed by atoms with Crippen LogP contribution in [0.4, 0.5) is 0 Å². The van der Waals surface area contributed by atoms with Crippen molar-refractivity contribution in [3.8, 4) is 0 Å². The molecule has 0 spiro atoms. The van der Waals surface area contributed by atoms with Crippen LogP contribution in [0.3, 0.4) is 0 Å². The number of Topliss-reactive ketones (excluding diaryl/α,β-unsaturated/α-hetero) is 1. The van der Waals surface area contributed by atoms with Crippen LogP contribution in [0.5, 0.6) is 0 Å². The summed E-state index contributed by atoms with van der Waals surface area (Å²) >= 11 is 1.80. The van der Waals surface area contributed by atoms with Gasteiger partial charge in [0.05, 0.1) is 4.90 Å². The lowest BCUT2D eigenvalue weighted by Gasteiger charge is -2.08. The third kappa shape index (κ3) is 6.20. The van der Waals surface area contributed by atoms with Crippen molar-refractivity contribution >= 4 is 27.6 Å². The number of carbonyl (C=O) groups excluding carboxylic acids is 1. The van der Waals surface area contributed by atoms with Crippen LogP contribution in [0.25, 0.3) is 0 Å². The average Bonchev–Trinajstić information content (AvgIpc) is 2.50. The Morgan fingerprint density at radius 3 is 2.67 bits per heavy atom. The lowest BCUT2D eigenvalue weighted by molar-refractivity contribution is 0.0988. The van der Waals surface area contributed by atoms with Crippen LogP contribution < -0.4 is 4.72 Å². The van der Waals surface area contributed by atoms with E-state index in [9.17, 15) is 13.2 Å². The first-order chi connectivity index (χ1) is 10.0. The Bertz CT molecular complexity index is 556. The first kappa shape index (κ1) is 18.2. The minimum absolute atomic E-state index is 0.0517. The number of sulfonamides is 1. The quantitative estimate of drug-likeness (QED) is 0.529. The Balaban J connectivity index is 2.60. The van der Waals surface area contributed by atoms with Crippen molar-refractivity contribution < 1.29 is 13.2 Å². The van der Waals surface area contributed by atoms with Gasteiger partial charge in [-0.15, -0.1) is 0 Å². The van der Waals surface area contributed by atoms with E-state index >= 15 is 0 Å². The van der Waals surface area contributed by atoms with Gasteiger partial charge in [0.2, 0.25) is 10.0 Å². The van der Waals surface area contributed by atoms with E-state index in [0.29, 0.717) is 18.5 Å². The Morgan fingerprint density at radius 2 is 2.00 bits per heavy atom. The minimum Gasteiger partial charge on any atom is -0.294 e. The molecule has 1 aromatic rings. The molecule has 0 fully saturated rings. The second-order valence-corrected chi connectivity index (χ2v) is 7.51. The Morgan fingerprint density at radius 1 is 1.24 bits per heavy atom. The summed E-state index contributed by atoms with van der Waals surface area (Å²) in [7, 11) is -3.52. The van der Waals surface area contributed by atoms with Gasteiger partial charge in [-0.1, -0.05) is 25.5 Å². The predicted molar refractivity (Wildman–Crippen MR) is 88.5 cm³/mol. The molecule has 0 amide bonds. The van der Waals surface area contributed by atoms with Crippen molar-refractivity contribution in [1.29, 1.82) is 0 Å². The van der Waals surface area contributed by atoms with Gasteiger partial charge in [-0.05, 0) is 37.0 Å². The molecule has 1 aromatic carbocycles. The molecule has 0 unspecified atom stereocenters. The fourth-order valence-corrected chi connectivity index (χ4v) is 3.49. The lowest BCUT2D eigenvalue weighted by Crippen LogP contribution is -2.25. The Labute approximate surface area is 131 Å². The minimum atomic E-state index is -3.52. The van der Waals surface area contributed by atoms with Gasteiger partial charge >= 0.3 is 0 Å². The number of thioether (sulfide) groups is 1. The van der Waals surface area contributed by atoms with Crippen molar-refractivity contribution in [1.82, 2.24) is 4.72 Å². The molecule has 0 aliphatic heterocycles. The number of hydrogen-bond acceptors (Lipinski definition) is 4. The molecule has 0 aromatic heterocycles. The first-order valence-corrected chi connectivity index (χ1v) is 10.0. The van der Waals surface area contributed by atoms with E-state index in [1.165, 1.54) is 12.1 Å². The third-order valence-corrected chi connectivity index (χ3v) is 5.26. The van der Waals surface area contributed by atoms with E-state index in [1.807, 2.05) is 0 Å². The molecule has 0 radical (unpaired) electrons. The van der Waals surface area contributed by atoms with Crippen molar-refractivity contribution in [2.24, 2.45) is 0 Å². The highest BCUT2D eigenvalue weighted by Crippen LogP contribution is 2.13. The summed E-state index contributed by atoms with van der Waals surface area (Å²) in [6, 6.07) is 6.22. The molecule has 1 rings (SSSR count). The number of unbranched alkanes of at least 4 members (excludes halogenated alkanes) is 2. The molecule has 0 saturated carbocycles. The zero-order valence-electron chi connectivity index (χ0n) is 12.6. The molecule has 0 aliphatic carbocycles. The van der Waals surface area contributed by atoms with E-state index in [1.54, 1.807) is 30.8 Å². The standard InChI is InChI=1S/C15H23NO3S2/c1-3-15(17)13-8-7-9-14(12-13)21(18,19)16-10-5-4-6-11-20-2/h7-9,12,16H,3-6,10-11H2,1-2H3. The molecular formula is C15H23NO3S2. The number of nitrogens with one attached hydrogen (secondary N) is 1. The fourth-order valence-electron chi connectivity index (χ4n) is 1.88. The second kappa shape index (κ2) is 9.23. The molecule has 6 heteroatoms. The molecule has 4 nitrogen and oxygen atoms in total. The van der Waals surface area contributed by atoms with Gasteiger partial charge < -0.3 is 0 Å². The molecule has 0 saturated heterocycles. The van der Waals surface area contributed by atoms with Crippen LogP contribution >= 0.6 is 11.8 Å². The monoisotopic (exact) mass is 329 g/mol. The van der Waals surface area contributed by atoms with Gasteiger partial charge in [0, 0.05) is 18.5 Å². The van der Waals surface area contributed by atoms with Crippen LogP contribution in [0, 0.1) is 0 Å². The van der Waals surface area contributed by atoms with Crippen molar-refractivity contribution in [3.63, 3.8) is 0 Å². The SMILES string of the molecule is CCC(=O)c1cccc(S(=O)(=O)NCCCCCSC)c1. The third-order valence-electron chi connectivity index (χ3n) is 3.10. The maximum absolute atomic E-state index is 12.2. The van der Waals surface area contributed by atoms with Crippen LogP contribution in [0.2, 0.25) is 0 Å². The second-order valence-electron chi connectivity index (χ2n) is 4.76. The lowest BCUT2D eigenvalue weighted by atomic mass is 10.1. The van der Waals surface area contributed by atoms with Crippen molar-refractivity contribution in [2.45, 2.75) is 37.5 Å². The largest absolute Gasteiger partial charge is 0.294 e. The number of rotatable bonds is 10. The van der Waals surface area contributed by atoms with Crippen LogP contribution in [-0.4, -0.2) is 32.8 Å². The molecular weight excluding hydrogens is 306 g/mol. The molecule has 0 heterocycles. The molecule has 118 valence electrons. The van der Waals surface area contributed by atoms with E-state index in [-0.39, 0.29) is 10.7 Å². The molecule has 0 bridgehead atoms. The maximum atomic E-state index is 12.2. The Hall–Kier alpha value is -0.850. The van der Waals surface area contributed by atoms with E-state index in [0.717, 1.165) is 25.0 Å². The topological polar surface area (TPSA) is 63.2 Å². The summed E-state index contributed by atoms with van der Waals surface area (Å²) in [5, 5.41) is 0. The number of hydrogen-bond donors (Lipinski definition) is 1. The van der Waals surface area contributed by atoms with Gasteiger partial charge in [-0.25, -0.2) is 13.1 Å². The summed E-state index contributed by atoms with van der Waals surface area (Å²) in [5.74, 6) is 1.05. The highest BCUT2D eigenvalue weighted by Gasteiger charge is 2.15. The van der Waals surface area contributed by atoms with Gasteiger partial charge in [0.1, 0.15) is 0 Å². The summed E-state index contributed by atoms with van der Waals surface area (Å²) in [4.78, 5) is 11.8. The van der Waals surface area contributed by atoms with Crippen LogP contribution in [0.1, 0.15) is 43.0 Å². The molecule has 1 N–H and O–H groups in total. The first-order valence-electron chi connectivity index (χ1n) is 7.13. The molecule has 21 heavy (non-hydrogen) atoms. The zero-order chi connectivity index (χ0) is 15.7. The smallest absolute Gasteiger partial charge is 0.240 e. The molecule has 0 atom stereocenters. The van der Waals surface area contributed by atoms with Gasteiger partial charge in [-0.3, -0.25) is 4.79 Å². The number of benzene rings is 1. The van der Waals surface area contributed by atoms with E-state index < -0.39 is 10.0 Å². The summed E-state index contributed by atoms with van der Waals surface area (Å²) in [5.41, 5.74) is 0.445. The van der Waals surface area contributed by atoms with Crippen LogP contribution in [0.15, 0.2) is 29.2 Å². The van der Waals surface area contributed by atoms with Gasteiger partial charge in [-0.2, -0.15) is 11.8 Å². The maximum Gasteiger partial charge on any atom is 0.240 e. The van der Waals surface area contributed by atoms with Crippen molar-refractivity contribution in [3.05, 3.63) is 29.8 Å². The predicted octanol–water partition coefficient (Wildman–Crippen LogP) is 3.09. The van der Waals surface area contributed by atoms with Crippen molar-refractivity contribution in [2.75, 3.05) is 18.6 Å². The van der Waals surface area contributed by atoms with Crippen LogP contribution in [-0.2, 0) is 10.0 Å². The van der Waals surface area contributed by atoms with Gasteiger partial charge in [0.25, 0.3) is 0 Å². The highest BCUT2D eigenvalue weighted by molar-refractivity contribution is 7.98. The summed E-state index contributed by atoms with van der Waals surface area (Å²) in [6.07, 6.45) is 5.37. The molecule has 0 aliphatic rings. The highest BCUT2D eigenvalue weighted by atomic mass is 32.2. The number of carbonyl (C=O) groups is 1. The summed E-state index contributed by atoms with van der Waals surface area (Å²) in [6.45, 7) is 2.19. The Kier molecular flexibility index (Phi) is 8.00. The van der Waals surface area contributed by atoms with Gasteiger partial charge in [0.15, 0.2) is 5.78 Å². The fraction of sp³-hybridized carbons (Fsp3) is 0.533. The average molecular weight is 329 g/mol. The normalized spacial score (nSPS) is 11.5. The van der Waals surface area contributed by atoms with E-state index in [2.05, 4.69) is 11.0 Å². The number of ketones is 1. The zero-order valence-corrected chi connectivity index (χ0v) is 14.2. The summed E-state index contributed by atoms with van der Waals surface area (Å²) < 4.78 is 26.9. The van der Waals surface area contributed by atoms with E-state index in [4.69, 9.17) is 0 Å².